The molecule has 2 aliphatic rings. The first-order valence-electron chi connectivity index (χ1n) is 8.50. The maximum Gasteiger partial charge on any atom is 0.272 e. The number of piperidine rings is 1. The molecule has 0 bridgehead atoms. The van der Waals surface area contributed by atoms with Gasteiger partial charge in [0.05, 0.1) is 31.1 Å². The summed E-state index contributed by atoms with van der Waals surface area (Å²) in [6.45, 7) is 4.01. The van der Waals surface area contributed by atoms with Crippen molar-refractivity contribution in [1.29, 1.82) is 0 Å². The summed E-state index contributed by atoms with van der Waals surface area (Å²) in [6, 6.07) is 5.89. The molecule has 4 heterocycles. The highest BCUT2D eigenvalue weighted by Crippen LogP contribution is 2.39. The fourth-order valence-electron chi connectivity index (χ4n) is 3.88. The maximum atomic E-state index is 12.8. The summed E-state index contributed by atoms with van der Waals surface area (Å²) in [6.07, 6.45) is 8.52. The van der Waals surface area contributed by atoms with Gasteiger partial charge >= 0.3 is 0 Å². The smallest absolute Gasteiger partial charge is 0.272 e. The molecule has 0 N–H and O–H groups in total. The lowest BCUT2D eigenvalue weighted by Gasteiger charge is -2.39. The van der Waals surface area contributed by atoms with E-state index in [0.29, 0.717) is 24.9 Å². The molecule has 6 heteroatoms. The number of carbonyl (C=O) groups excluding carboxylic acids is 1. The van der Waals surface area contributed by atoms with E-state index in [2.05, 4.69) is 14.5 Å². The Hall–Kier alpha value is -2.21. The van der Waals surface area contributed by atoms with Gasteiger partial charge in [-0.3, -0.25) is 4.79 Å². The molecule has 4 rings (SSSR count). The van der Waals surface area contributed by atoms with Gasteiger partial charge in [-0.25, -0.2) is 9.97 Å². The van der Waals surface area contributed by atoms with Crippen LogP contribution >= 0.6 is 0 Å². The minimum absolute atomic E-state index is 0.00690. The second-order valence-corrected chi connectivity index (χ2v) is 6.86. The molecule has 0 unspecified atom stereocenters. The minimum Gasteiger partial charge on any atom is -0.371 e. The number of aryl methyl sites for hydroxylation is 1. The molecule has 0 aromatic carbocycles. The van der Waals surface area contributed by atoms with Crippen LogP contribution in [0.2, 0.25) is 0 Å². The number of rotatable bonds is 2. The van der Waals surface area contributed by atoms with Crippen LogP contribution in [-0.4, -0.2) is 50.6 Å². The zero-order valence-corrected chi connectivity index (χ0v) is 13.9. The molecule has 2 aliphatic heterocycles. The maximum absolute atomic E-state index is 12.8. The Morgan fingerprint density at radius 2 is 2.33 bits per heavy atom. The number of nitrogens with zero attached hydrogens (tertiary/aromatic N) is 4. The number of hydrogen-bond acceptors (Lipinski definition) is 4. The Balaban J connectivity index is 1.49. The summed E-state index contributed by atoms with van der Waals surface area (Å²) >= 11 is 0. The fraction of sp³-hybridized carbons (Fsp3) is 0.500. The van der Waals surface area contributed by atoms with E-state index >= 15 is 0 Å². The average molecular weight is 326 g/mol. The zero-order valence-electron chi connectivity index (χ0n) is 13.9. The van der Waals surface area contributed by atoms with Crippen molar-refractivity contribution in [3.8, 4) is 0 Å². The largest absolute Gasteiger partial charge is 0.371 e. The summed E-state index contributed by atoms with van der Waals surface area (Å²) in [5.74, 6) is 0.00690. The quantitative estimate of drug-likeness (QED) is 0.849. The van der Waals surface area contributed by atoms with Gasteiger partial charge < -0.3 is 14.2 Å². The summed E-state index contributed by atoms with van der Waals surface area (Å²) in [5.41, 5.74) is 1.16. The molecule has 24 heavy (non-hydrogen) atoms. The summed E-state index contributed by atoms with van der Waals surface area (Å²) in [4.78, 5) is 23.2. The summed E-state index contributed by atoms with van der Waals surface area (Å²) in [7, 11) is 0. The van der Waals surface area contributed by atoms with Crippen LogP contribution in [0, 0.1) is 6.92 Å². The van der Waals surface area contributed by atoms with Crippen molar-refractivity contribution in [3.63, 3.8) is 0 Å². The van der Waals surface area contributed by atoms with Gasteiger partial charge in [-0.1, -0.05) is 6.07 Å². The fourth-order valence-corrected chi connectivity index (χ4v) is 3.88. The van der Waals surface area contributed by atoms with Gasteiger partial charge in [0, 0.05) is 31.1 Å². The second-order valence-electron chi connectivity index (χ2n) is 6.86. The lowest BCUT2D eigenvalue weighted by Crippen LogP contribution is -2.50. The van der Waals surface area contributed by atoms with E-state index in [1.165, 1.54) is 0 Å². The molecular weight excluding hydrogens is 304 g/mol. The van der Waals surface area contributed by atoms with Crippen LogP contribution in [0.25, 0.3) is 0 Å². The Morgan fingerprint density at radius 3 is 3.12 bits per heavy atom. The third-order valence-corrected chi connectivity index (χ3v) is 5.07. The van der Waals surface area contributed by atoms with Crippen molar-refractivity contribution in [2.24, 2.45) is 0 Å². The van der Waals surface area contributed by atoms with Gasteiger partial charge in [-0.2, -0.15) is 0 Å². The van der Waals surface area contributed by atoms with Gasteiger partial charge in [-0.05, 0) is 31.9 Å². The van der Waals surface area contributed by atoms with E-state index in [1.54, 1.807) is 12.3 Å². The van der Waals surface area contributed by atoms with E-state index in [-0.39, 0.29) is 11.5 Å². The van der Waals surface area contributed by atoms with E-state index in [0.717, 1.165) is 31.5 Å². The number of likely N-dealkylation sites (tertiary alicyclic amines) is 1. The third-order valence-electron chi connectivity index (χ3n) is 5.07. The Morgan fingerprint density at radius 1 is 1.42 bits per heavy atom. The highest BCUT2D eigenvalue weighted by molar-refractivity contribution is 5.92. The van der Waals surface area contributed by atoms with E-state index in [4.69, 9.17) is 4.74 Å². The number of hydrogen-bond donors (Lipinski definition) is 0. The van der Waals surface area contributed by atoms with Gasteiger partial charge in [0.15, 0.2) is 0 Å². The van der Waals surface area contributed by atoms with Crippen molar-refractivity contribution >= 4 is 5.91 Å². The normalized spacial score (nSPS) is 26.9. The minimum atomic E-state index is -0.229. The van der Waals surface area contributed by atoms with Gasteiger partial charge in [0.1, 0.15) is 5.69 Å². The van der Waals surface area contributed by atoms with Crippen LogP contribution in [-0.2, 0) is 4.74 Å². The molecule has 0 saturated carbocycles. The molecule has 2 aromatic rings. The number of ether oxygens (including phenoxy) is 1. The second kappa shape index (κ2) is 6.02. The summed E-state index contributed by atoms with van der Waals surface area (Å²) in [5, 5.41) is 0. The first-order chi connectivity index (χ1) is 11.7. The highest BCUT2D eigenvalue weighted by atomic mass is 16.5. The first kappa shape index (κ1) is 15.3. The number of carbonyl (C=O) groups is 1. The predicted molar refractivity (Wildman–Crippen MR) is 88.7 cm³/mol. The number of imidazole rings is 1. The molecule has 0 radical (unpaired) electrons. The first-order valence-corrected chi connectivity index (χ1v) is 8.50. The highest BCUT2D eigenvalue weighted by Gasteiger charge is 2.45. The third kappa shape index (κ3) is 2.82. The van der Waals surface area contributed by atoms with E-state index < -0.39 is 0 Å². The Bertz CT molecular complexity index is 730. The van der Waals surface area contributed by atoms with Crippen LogP contribution in [0.3, 0.4) is 0 Å². The monoisotopic (exact) mass is 326 g/mol. The van der Waals surface area contributed by atoms with Gasteiger partial charge in [-0.15, -0.1) is 0 Å². The van der Waals surface area contributed by atoms with Crippen LogP contribution in [0.4, 0.5) is 0 Å². The van der Waals surface area contributed by atoms with Crippen molar-refractivity contribution in [1.82, 2.24) is 19.4 Å². The lowest BCUT2D eigenvalue weighted by molar-refractivity contribution is -0.0450. The average Bonchev–Trinajstić information content (AvgIpc) is 3.24. The molecule has 1 spiro atoms. The number of aromatic nitrogens is 3. The lowest BCUT2D eigenvalue weighted by atomic mass is 9.88. The van der Waals surface area contributed by atoms with Crippen molar-refractivity contribution < 1.29 is 9.53 Å². The van der Waals surface area contributed by atoms with Gasteiger partial charge in [0.2, 0.25) is 0 Å². The van der Waals surface area contributed by atoms with Crippen LogP contribution in [0.15, 0.2) is 36.9 Å². The molecular formula is C18H22N4O2. The van der Waals surface area contributed by atoms with Crippen LogP contribution in [0.5, 0.6) is 0 Å². The molecule has 2 atom stereocenters. The molecule has 1 amide bonds. The zero-order chi connectivity index (χ0) is 16.6. The van der Waals surface area contributed by atoms with Crippen LogP contribution < -0.4 is 0 Å². The van der Waals surface area contributed by atoms with Crippen molar-refractivity contribution in [2.75, 3.05) is 19.7 Å². The molecule has 6 nitrogen and oxygen atoms in total. The van der Waals surface area contributed by atoms with Crippen molar-refractivity contribution in [2.45, 2.75) is 37.8 Å². The number of amides is 1. The molecule has 2 saturated heterocycles. The topological polar surface area (TPSA) is 60.2 Å². The molecule has 2 fully saturated rings. The van der Waals surface area contributed by atoms with E-state index in [1.807, 2.05) is 36.5 Å². The van der Waals surface area contributed by atoms with E-state index in [9.17, 15) is 4.79 Å². The van der Waals surface area contributed by atoms with Gasteiger partial charge in [0.25, 0.3) is 5.91 Å². The molecule has 0 aliphatic carbocycles. The SMILES string of the molecule is Cc1cccc(C(=O)N2CCC[C@@]3(C[C@@H](n4ccnc4)CO3)C2)n1. The Labute approximate surface area is 141 Å². The summed E-state index contributed by atoms with van der Waals surface area (Å²) < 4.78 is 8.30. The molecule has 2 aromatic heterocycles. The standard InChI is InChI=1S/C18H22N4O2/c1-14-4-2-5-16(20-14)17(23)21-8-3-6-18(12-21)10-15(11-24-18)22-9-7-19-13-22/h2,4-5,7,9,13,15H,3,6,8,10-12H2,1H3/t15-,18-/m1/s1. The molecule has 126 valence electrons. The van der Waals surface area contributed by atoms with Crippen molar-refractivity contribution in [3.05, 3.63) is 48.3 Å². The predicted octanol–water partition coefficient (Wildman–Crippen LogP) is 2.22. The Kier molecular flexibility index (Phi) is 3.84. The van der Waals surface area contributed by atoms with Crippen LogP contribution in [0.1, 0.15) is 41.5 Å². The number of pyridine rings is 1.